The van der Waals surface area contributed by atoms with E-state index in [0.717, 1.165) is 11.3 Å². The predicted molar refractivity (Wildman–Crippen MR) is 65.1 cm³/mol. The summed E-state index contributed by atoms with van der Waals surface area (Å²) in [4.78, 5) is 0. The van der Waals surface area contributed by atoms with Gasteiger partial charge in [0, 0.05) is 5.56 Å². The third kappa shape index (κ3) is 2.97. The summed E-state index contributed by atoms with van der Waals surface area (Å²) in [5.41, 5.74) is 7.19. The van der Waals surface area contributed by atoms with Crippen molar-refractivity contribution in [1.82, 2.24) is 0 Å². The summed E-state index contributed by atoms with van der Waals surface area (Å²) in [5, 5.41) is 0. The molecule has 4 nitrogen and oxygen atoms in total. The highest BCUT2D eigenvalue weighted by molar-refractivity contribution is 5.36. The largest absolute Gasteiger partial charge is 0.494 e. The smallest absolute Gasteiger partial charge is 0.124 e. The molecule has 17 heavy (non-hydrogen) atoms. The summed E-state index contributed by atoms with van der Waals surface area (Å²) >= 11 is 0. The summed E-state index contributed by atoms with van der Waals surface area (Å²) in [7, 11) is 0. The summed E-state index contributed by atoms with van der Waals surface area (Å²) in [6.07, 6.45) is -0.0923. The molecule has 4 heteroatoms. The molecular formula is C13H19NO3. The fourth-order valence-electron chi connectivity index (χ4n) is 1.96. The molecular weight excluding hydrogens is 218 g/mol. The molecule has 1 aliphatic heterocycles. The Kier molecular flexibility index (Phi) is 4.36. The highest BCUT2D eigenvalue weighted by Gasteiger charge is 2.25. The van der Waals surface area contributed by atoms with Gasteiger partial charge in [0.05, 0.1) is 32.5 Å². The van der Waals surface area contributed by atoms with E-state index in [4.69, 9.17) is 19.9 Å². The van der Waals surface area contributed by atoms with Crippen molar-refractivity contribution in [3.8, 4) is 5.75 Å². The number of para-hydroxylation sites is 1. The number of benzene rings is 1. The molecule has 1 aromatic carbocycles. The summed E-state index contributed by atoms with van der Waals surface area (Å²) < 4.78 is 16.6. The van der Waals surface area contributed by atoms with Crippen molar-refractivity contribution in [2.45, 2.75) is 19.1 Å². The van der Waals surface area contributed by atoms with Gasteiger partial charge in [-0.1, -0.05) is 18.2 Å². The highest BCUT2D eigenvalue weighted by atomic mass is 16.6. The van der Waals surface area contributed by atoms with Crippen molar-refractivity contribution in [3.63, 3.8) is 0 Å². The second-order valence-corrected chi connectivity index (χ2v) is 3.98. The van der Waals surface area contributed by atoms with E-state index in [1.807, 2.05) is 31.2 Å². The number of ether oxygens (including phenoxy) is 3. The minimum Gasteiger partial charge on any atom is -0.494 e. The molecule has 0 amide bonds. The summed E-state index contributed by atoms with van der Waals surface area (Å²) in [6, 6.07) is 7.61. The topological polar surface area (TPSA) is 53.7 Å². The molecule has 0 spiro atoms. The van der Waals surface area contributed by atoms with Gasteiger partial charge in [-0.25, -0.2) is 0 Å². The van der Waals surface area contributed by atoms with Gasteiger partial charge in [0.15, 0.2) is 0 Å². The first-order chi connectivity index (χ1) is 8.33. The second kappa shape index (κ2) is 6.00. The predicted octanol–water partition coefficient (Wildman–Crippen LogP) is 1.50. The zero-order chi connectivity index (χ0) is 12.1. The van der Waals surface area contributed by atoms with Crippen LogP contribution in [0.15, 0.2) is 24.3 Å². The summed E-state index contributed by atoms with van der Waals surface area (Å²) in [5.74, 6) is 0.830. The van der Waals surface area contributed by atoms with E-state index in [9.17, 15) is 0 Å². The minimum atomic E-state index is -0.210. The van der Waals surface area contributed by atoms with Crippen LogP contribution in [0.5, 0.6) is 5.75 Å². The zero-order valence-corrected chi connectivity index (χ0v) is 10.1. The lowest BCUT2D eigenvalue weighted by molar-refractivity contribution is -0.0977. The Morgan fingerprint density at radius 2 is 2.24 bits per heavy atom. The number of nitrogens with two attached hydrogens (primary N) is 1. The molecule has 94 valence electrons. The first kappa shape index (κ1) is 12.4. The van der Waals surface area contributed by atoms with Gasteiger partial charge >= 0.3 is 0 Å². The van der Waals surface area contributed by atoms with E-state index in [1.165, 1.54) is 0 Å². The monoisotopic (exact) mass is 237 g/mol. The molecule has 0 aliphatic carbocycles. The Morgan fingerprint density at radius 3 is 2.94 bits per heavy atom. The molecule has 1 aliphatic rings. The molecule has 1 fully saturated rings. The lowest BCUT2D eigenvalue weighted by Crippen LogP contribution is -2.38. The Balaban J connectivity index is 2.14. The maximum atomic E-state index is 6.22. The van der Waals surface area contributed by atoms with E-state index in [1.54, 1.807) is 0 Å². The average molecular weight is 237 g/mol. The van der Waals surface area contributed by atoms with Crippen LogP contribution in [0, 0.1) is 0 Å². The van der Waals surface area contributed by atoms with Crippen molar-refractivity contribution in [2.24, 2.45) is 5.73 Å². The van der Waals surface area contributed by atoms with Crippen LogP contribution in [-0.4, -0.2) is 32.5 Å². The zero-order valence-electron chi connectivity index (χ0n) is 10.1. The maximum Gasteiger partial charge on any atom is 0.124 e. The van der Waals surface area contributed by atoms with Crippen LogP contribution in [0.2, 0.25) is 0 Å². The van der Waals surface area contributed by atoms with Crippen LogP contribution >= 0.6 is 0 Å². The Hall–Kier alpha value is -1.10. The van der Waals surface area contributed by atoms with Crippen LogP contribution in [0.4, 0.5) is 0 Å². The highest BCUT2D eigenvalue weighted by Crippen LogP contribution is 2.27. The Morgan fingerprint density at radius 1 is 1.41 bits per heavy atom. The fourth-order valence-corrected chi connectivity index (χ4v) is 1.96. The first-order valence-electron chi connectivity index (χ1n) is 5.99. The number of rotatable bonds is 4. The van der Waals surface area contributed by atoms with E-state index in [-0.39, 0.29) is 12.1 Å². The first-order valence-corrected chi connectivity index (χ1v) is 5.99. The van der Waals surface area contributed by atoms with E-state index < -0.39 is 0 Å². The average Bonchev–Trinajstić information content (AvgIpc) is 2.40. The maximum absolute atomic E-state index is 6.22. The van der Waals surface area contributed by atoms with Crippen LogP contribution < -0.4 is 10.5 Å². The molecule has 0 radical (unpaired) electrons. The van der Waals surface area contributed by atoms with Crippen LogP contribution in [-0.2, 0) is 9.47 Å². The molecule has 1 saturated heterocycles. The van der Waals surface area contributed by atoms with Crippen LogP contribution in [0.1, 0.15) is 18.5 Å². The molecule has 2 unspecified atom stereocenters. The summed E-state index contributed by atoms with van der Waals surface area (Å²) in [6.45, 7) is 4.39. The van der Waals surface area contributed by atoms with Crippen molar-refractivity contribution in [3.05, 3.63) is 29.8 Å². The van der Waals surface area contributed by atoms with Gasteiger partial charge in [-0.05, 0) is 13.0 Å². The number of hydrogen-bond donors (Lipinski definition) is 1. The molecule has 1 aromatic rings. The molecule has 0 aromatic heterocycles. The van der Waals surface area contributed by atoms with Crippen molar-refractivity contribution in [1.29, 1.82) is 0 Å². The minimum absolute atomic E-state index is 0.0923. The molecule has 2 atom stereocenters. The third-order valence-electron chi connectivity index (χ3n) is 2.82. The molecule has 0 bridgehead atoms. The molecule has 0 saturated carbocycles. The SMILES string of the molecule is CCOc1ccccc1C(N)C1COCCO1. The lowest BCUT2D eigenvalue weighted by atomic mass is 10.0. The molecule has 2 rings (SSSR count). The molecule has 2 N–H and O–H groups in total. The van der Waals surface area contributed by atoms with Gasteiger partial charge in [-0.2, -0.15) is 0 Å². The van der Waals surface area contributed by atoms with Gasteiger partial charge in [0.1, 0.15) is 11.9 Å². The van der Waals surface area contributed by atoms with Gasteiger partial charge < -0.3 is 19.9 Å². The lowest BCUT2D eigenvalue weighted by Gasteiger charge is -2.29. The number of hydrogen-bond acceptors (Lipinski definition) is 4. The van der Waals surface area contributed by atoms with Crippen molar-refractivity contribution in [2.75, 3.05) is 26.4 Å². The standard InChI is InChI=1S/C13H19NO3/c1-2-16-11-6-4-3-5-10(11)13(14)12-9-15-7-8-17-12/h3-6,12-13H,2,7-9,14H2,1H3. The van der Waals surface area contributed by atoms with Crippen LogP contribution in [0.3, 0.4) is 0 Å². The van der Waals surface area contributed by atoms with Gasteiger partial charge in [-0.15, -0.1) is 0 Å². The third-order valence-corrected chi connectivity index (χ3v) is 2.82. The van der Waals surface area contributed by atoms with E-state index in [2.05, 4.69) is 0 Å². The van der Waals surface area contributed by atoms with E-state index >= 15 is 0 Å². The fraction of sp³-hybridized carbons (Fsp3) is 0.538. The van der Waals surface area contributed by atoms with Gasteiger partial charge in [0.2, 0.25) is 0 Å². The Bertz CT molecular complexity index is 350. The quantitative estimate of drug-likeness (QED) is 0.862. The van der Waals surface area contributed by atoms with Crippen molar-refractivity contribution >= 4 is 0 Å². The van der Waals surface area contributed by atoms with Crippen molar-refractivity contribution < 1.29 is 14.2 Å². The van der Waals surface area contributed by atoms with E-state index in [0.29, 0.717) is 26.4 Å². The molecule has 1 heterocycles. The van der Waals surface area contributed by atoms with Crippen LogP contribution in [0.25, 0.3) is 0 Å². The normalized spacial score (nSPS) is 22.1. The van der Waals surface area contributed by atoms with Gasteiger partial charge in [0.25, 0.3) is 0 Å². The Labute approximate surface area is 102 Å². The van der Waals surface area contributed by atoms with Gasteiger partial charge in [-0.3, -0.25) is 0 Å². The second-order valence-electron chi connectivity index (χ2n) is 3.98.